The minimum Gasteiger partial charge on any atom is -0.454 e. The highest BCUT2D eigenvalue weighted by molar-refractivity contribution is 7.26. The number of furan rings is 1. The summed E-state index contributed by atoms with van der Waals surface area (Å²) >= 11 is 1.84. The van der Waals surface area contributed by atoms with Gasteiger partial charge >= 0.3 is 0 Å². The molecule has 11 aromatic rings. The van der Waals surface area contributed by atoms with Gasteiger partial charge in [0.2, 0.25) is 0 Å². The number of benzene rings is 8. The molecule has 0 aliphatic heterocycles. The normalized spacial score (nSPS) is 11.8. The van der Waals surface area contributed by atoms with E-state index in [2.05, 4.69) is 185 Å². The molecule has 0 aliphatic carbocycles. The fraction of sp³-hybridized carbons (Fsp3) is 0. The Morgan fingerprint density at radius 2 is 1.12 bits per heavy atom. The average molecular weight is 683 g/mol. The Labute approximate surface area is 303 Å². The molecular weight excluding hydrogens is 653 g/mol. The first-order valence-electron chi connectivity index (χ1n) is 17.6. The molecule has 0 saturated carbocycles. The van der Waals surface area contributed by atoms with E-state index in [1.807, 2.05) is 17.4 Å². The molecule has 0 unspecified atom stereocenters. The maximum absolute atomic E-state index is 6.66. The van der Waals surface area contributed by atoms with E-state index >= 15 is 0 Å². The first-order valence-corrected chi connectivity index (χ1v) is 18.4. The molecule has 3 nitrogen and oxygen atoms in total. The molecule has 0 bridgehead atoms. The van der Waals surface area contributed by atoms with E-state index in [-0.39, 0.29) is 0 Å². The van der Waals surface area contributed by atoms with Crippen LogP contribution in [0.25, 0.3) is 80.7 Å². The van der Waals surface area contributed by atoms with Crippen molar-refractivity contribution in [2.75, 3.05) is 4.90 Å². The zero-order chi connectivity index (χ0) is 34.2. The smallest absolute Gasteiger partial charge is 0.159 e. The molecule has 3 aromatic heterocycles. The van der Waals surface area contributed by atoms with E-state index in [1.165, 1.54) is 47.5 Å². The van der Waals surface area contributed by atoms with Gasteiger partial charge in [-0.2, -0.15) is 0 Å². The van der Waals surface area contributed by atoms with Crippen LogP contribution in [0.4, 0.5) is 17.1 Å². The Morgan fingerprint density at radius 1 is 0.462 bits per heavy atom. The van der Waals surface area contributed by atoms with Gasteiger partial charge in [-0.3, -0.25) is 0 Å². The molecule has 0 fully saturated rings. The fourth-order valence-electron chi connectivity index (χ4n) is 8.11. The summed E-state index contributed by atoms with van der Waals surface area (Å²) in [4.78, 5) is 2.38. The summed E-state index contributed by atoms with van der Waals surface area (Å²) in [5.74, 6) is 0. The third-order valence-electron chi connectivity index (χ3n) is 10.4. The standard InChI is InChI=1S/C48H30N2OS/c1-2-13-32(14-3-1)50-41-22-7-4-15-35(41)38-19-10-18-34(46(38)50)31-27-29-33(30-28-31)49(42-23-11-20-39-36-16-5-8-25-44(36)51-47(39)42)43-24-12-21-40-37-17-6-9-26-45(37)52-48(40)43/h1-30H. The van der Waals surface area contributed by atoms with E-state index in [0.717, 1.165) is 50.3 Å². The predicted octanol–water partition coefficient (Wildman–Crippen LogP) is 14.2. The number of hydrogen-bond acceptors (Lipinski definition) is 3. The van der Waals surface area contributed by atoms with Gasteiger partial charge in [-0.05, 0) is 60.2 Å². The van der Waals surface area contributed by atoms with Crippen LogP contribution in [0.1, 0.15) is 0 Å². The lowest BCUT2D eigenvalue weighted by Gasteiger charge is -2.26. The molecule has 4 heteroatoms. The molecular formula is C48H30N2OS. The Morgan fingerprint density at radius 3 is 1.98 bits per heavy atom. The second-order valence-electron chi connectivity index (χ2n) is 13.3. The van der Waals surface area contributed by atoms with Crippen LogP contribution in [0.5, 0.6) is 0 Å². The van der Waals surface area contributed by atoms with Gasteiger partial charge in [0.25, 0.3) is 0 Å². The number of nitrogens with zero attached hydrogens (tertiary/aromatic N) is 2. The van der Waals surface area contributed by atoms with E-state index in [9.17, 15) is 0 Å². The molecule has 3 heterocycles. The molecule has 244 valence electrons. The van der Waals surface area contributed by atoms with Gasteiger partial charge in [-0.15, -0.1) is 11.3 Å². The number of rotatable bonds is 5. The Hall–Kier alpha value is -6.62. The third kappa shape index (κ3) is 4.31. The molecule has 0 amide bonds. The zero-order valence-electron chi connectivity index (χ0n) is 28.0. The highest BCUT2D eigenvalue weighted by atomic mass is 32.1. The van der Waals surface area contributed by atoms with Gasteiger partial charge in [0.05, 0.1) is 27.1 Å². The summed E-state index contributed by atoms with van der Waals surface area (Å²) in [6.45, 7) is 0. The summed E-state index contributed by atoms with van der Waals surface area (Å²) < 4.78 is 11.6. The topological polar surface area (TPSA) is 21.3 Å². The van der Waals surface area contributed by atoms with E-state index in [4.69, 9.17) is 4.42 Å². The van der Waals surface area contributed by atoms with Crippen molar-refractivity contribution in [1.29, 1.82) is 0 Å². The maximum atomic E-state index is 6.66. The summed E-state index contributed by atoms with van der Waals surface area (Å²) in [7, 11) is 0. The van der Waals surface area contributed by atoms with Crippen molar-refractivity contribution in [1.82, 2.24) is 4.57 Å². The monoisotopic (exact) mass is 682 g/mol. The Kier molecular flexibility index (Phi) is 6.42. The summed E-state index contributed by atoms with van der Waals surface area (Å²) in [5.41, 5.74) is 10.9. The number of anilines is 3. The molecule has 0 N–H and O–H groups in total. The first kappa shape index (κ1) is 29.1. The number of thiophene rings is 1. The molecule has 0 radical (unpaired) electrons. The fourth-order valence-corrected chi connectivity index (χ4v) is 9.32. The first-order chi connectivity index (χ1) is 25.8. The van der Waals surface area contributed by atoms with E-state index in [0.29, 0.717) is 0 Å². The quantitative estimate of drug-likeness (QED) is 0.180. The van der Waals surface area contributed by atoms with Crippen molar-refractivity contribution in [2.24, 2.45) is 0 Å². The van der Waals surface area contributed by atoms with Crippen molar-refractivity contribution in [3.05, 3.63) is 182 Å². The van der Waals surface area contributed by atoms with Gasteiger partial charge in [-0.1, -0.05) is 127 Å². The van der Waals surface area contributed by atoms with Crippen LogP contribution < -0.4 is 4.90 Å². The third-order valence-corrected chi connectivity index (χ3v) is 11.6. The SMILES string of the molecule is c1ccc(-n2c3ccccc3c3cccc(-c4ccc(N(c5cccc6c5oc5ccccc56)c5cccc6c5sc5ccccc56)cc4)c32)cc1. The number of hydrogen-bond donors (Lipinski definition) is 0. The number of aromatic nitrogens is 1. The minimum atomic E-state index is 0.878. The molecule has 52 heavy (non-hydrogen) atoms. The number of fused-ring (bicyclic) bond motifs is 9. The maximum Gasteiger partial charge on any atom is 0.159 e. The summed E-state index contributed by atoms with van der Waals surface area (Å²) in [5, 5.41) is 7.27. The number of para-hydroxylation sites is 5. The van der Waals surface area contributed by atoms with Crippen LogP contribution in [-0.4, -0.2) is 4.57 Å². The van der Waals surface area contributed by atoms with E-state index < -0.39 is 0 Å². The van der Waals surface area contributed by atoms with Crippen molar-refractivity contribution in [3.8, 4) is 16.8 Å². The average Bonchev–Trinajstić information content (AvgIpc) is 3.89. The van der Waals surface area contributed by atoms with Gasteiger partial charge in [0.15, 0.2) is 5.58 Å². The lowest BCUT2D eigenvalue weighted by Crippen LogP contribution is -2.10. The second kappa shape index (κ2) is 11.5. The van der Waals surface area contributed by atoms with Crippen LogP contribution in [0, 0.1) is 0 Å². The van der Waals surface area contributed by atoms with Crippen molar-refractivity contribution in [3.63, 3.8) is 0 Å². The van der Waals surface area contributed by atoms with Gasteiger partial charge in [0, 0.05) is 54.0 Å². The van der Waals surface area contributed by atoms with E-state index in [1.54, 1.807) is 0 Å². The second-order valence-corrected chi connectivity index (χ2v) is 14.3. The van der Waals surface area contributed by atoms with Crippen LogP contribution in [-0.2, 0) is 0 Å². The summed E-state index contributed by atoms with van der Waals surface area (Å²) in [6, 6.07) is 65.3. The lowest BCUT2D eigenvalue weighted by molar-refractivity contribution is 0.669. The van der Waals surface area contributed by atoms with Gasteiger partial charge < -0.3 is 13.9 Å². The highest BCUT2D eigenvalue weighted by Gasteiger charge is 2.23. The van der Waals surface area contributed by atoms with Crippen molar-refractivity contribution < 1.29 is 4.42 Å². The molecule has 0 aliphatic rings. The van der Waals surface area contributed by atoms with Crippen LogP contribution in [0.15, 0.2) is 186 Å². The molecule has 0 atom stereocenters. The van der Waals surface area contributed by atoms with Crippen LogP contribution in [0.3, 0.4) is 0 Å². The van der Waals surface area contributed by atoms with Crippen molar-refractivity contribution >= 4 is 92.3 Å². The molecule has 8 aromatic carbocycles. The highest BCUT2D eigenvalue weighted by Crippen LogP contribution is 2.48. The predicted molar refractivity (Wildman–Crippen MR) is 221 cm³/mol. The molecule has 0 spiro atoms. The molecule has 11 rings (SSSR count). The minimum absolute atomic E-state index is 0.878. The largest absolute Gasteiger partial charge is 0.454 e. The summed E-state index contributed by atoms with van der Waals surface area (Å²) in [6.07, 6.45) is 0. The Balaban J connectivity index is 1.14. The Bertz CT molecular complexity index is 3020. The zero-order valence-corrected chi connectivity index (χ0v) is 28.8. The van der Waals surface area contributed by atoms with Crippen molar-refractivity contribution in [2.45, 2.75) is 0 Å². The molecule has 0 saturated heterocycles. The lowest BCUT2D eigenvalue weighted by atomic mass is 10.0. The van der Waals surface area contributed by atoms with Crippen LogP contribution >= 0.6 is 11.3 Å². The van der Waals surface area contributed by atoms with Gasteiger partial charge in [0.1, 0.15) is 5.58 Å². The van der Waals surface area contributed by atoms with Gasteiger partial charge in [-0.25, -0.2) is 0 Å². The van der Waals surface area contributed by atoms with Crippen LogP contribution in [0.2, 0.25) is 0 Å².